The fourth-order valence-corrected chi connectivity index (χ4v) is 1.49. The van der Waals surface area contributed by atoms with Crippen molar-refractivity contribution in [3.63, 3.8) is 0 Å². The maximum absolute atomic E-state index is 11.3. The highest BCUT2D eigenvalue weighted by molar-refractivity contribution is 6.19. The molecular formula is C9H16ClNO. The lowest BCUT2D eigenvalue weighted by Crippen LogP contribution is -2.38. The molecule has 1 aliphatic carbocycles. The normalized spacial score (nSPS) is 19.3. The smallest absolute Gasteiger partial charge is 0.220 e. The first-order valence-corrected chi connectivity index (χ1v) is 4.98. The third-order valence-electron chi connectivity index (χ3n) is 2.11. The summed E-state index contributed by atoms with van der Waals surface area (Å²) in [7, 11) is 0. The zero-order chi connectivity index (χ0) is 9.19. The first-order chi connectivity index (χ1) is 5.58. The number of hydrogen-bond donors (Lipinski definition) is 1. The molecule has 0 spiro atoms. The molecule has 1 rings (SSSR count). The van der Waals surface area contributed by atoms with Gasteiger partial charge < -0.3 is 5.32 Å². The van der Waals surface area contributed by atoms with E-state index in [9.17, 15) is 4.79 Å². The molecule has 0 unspecified atom stereocenters. The van der Waals surface area contributed by atoms with Crippen molar-refractivity contribution in [1.29, 1.82) is 0 Å². The summed E-state index contributed by atoms with van der Waals surface area (Å²) in [4.78, 5) is 11.3. The molecule has 0 bridgehead atoms. The van der Waals surface area contributed by atoms with Crippen LogP contribution in [0.25, 0.3) is 0 Å². The quantitative estimate of drug-likeness (QED) is 0.673. The van der Waals surface area contributed by atoms with Gasteiger partial charge in [-0.2, -0.15) is 0 Å². The van der Waals surface area contributed by atoms with Gasteiger partial charge in [0.15, 0.2) is 0 Å². The third kappa shape index (κ3) is 2.67. The summed E-state index contributed by atoms with van der Waals surface area (Å²) in [5, 5.41) is 2.98. The molecule has 1 aliphatic rings. The number of carbonyl (C=O) groups excluding carboxylic acids is 1. The largest absolute Gasteiger partial charge is 0.349 e. The van der Waals surface area contributed by atoms with Crippen molar-refractivity contribution in [3.8, 4) is 0 Å². The number of hydrogen-bond acceptors (Lipinski definition) is 1. The summed E-state index contributed by atoms with van der Waals surface area (Å²) in [6, 6.07) is 0. The lowest BCUT2D eigenvalue weighted by molar-refractivity contribution is -0.122. The molecule has 1 fully saturated rings. The van der Waals surface area contributed by atoms with Crippen molar-refractivity contribution in [1.82, 2.24) is 5.32 Å². The Morgan fingerprint density at radius 1 is 1.58 bits per heavy atom. The maximum atomic E-state index is 11.3. The number of halogens is 1. The van der Waals surface area contributed by atoms with Crippen LogP contribution in [-0.4, -0.2) is 17.3 Å². The van der Waals surface area contributed by atoms with Gasteiger partial charge in [-0.25, -0.2) is 0 Å². The van der Waals surface area contributed by atoms with Gasteiger partial charge in [-0.1, -0.05) is 13.8 Å². The van der Waals surface area contributed by atoms with Crippen LogP contribution in [0.5, 0.6) is 0 Å². The van der Waals surface area contributed by atoms with Gasteiger partial charge in [0.2, 0.25) is 5.91 Å². The molecule has 3 heteroatoms. The van der Waals surface area contributed by atoms with Crippen LogP contribution in [0, 0.1) is 5.92 Å². The summed E-state index contributed by atoms with van der Waals surface area (Å²) < 4.78 is 0. The van der Waals surface area contributed by atoms with Crippen LogP contribution in [0.2, 0.25) is 0 Å². The Hall–Kier alpha value is -0.240. The Balaban J connectivity index is 2.26. The van der Waals surface area contributed by atoms with Gasteiger partial charge in [0.1, 0.15) is 0 Å². The molecule has 1 amide bonds. The predicted octanol–water partition coefficient (Wildman–Crippen LogP) is 1.92. The summed E-state index contributed by atoms with van der Waals surface area (Å²) in [6.45, 7) is 4.08. The van der Waals surface area contributed by atoms with Crippen molar-refractivity contribution in [2.45, 2.75) is 38.6 Å². The van der Waals surface area contributed by atoms with E-state index in [1.54, 1.807) is 0 Å². The number of amides is 1. The molecule has 0 aromatic heterocycles. The van der Waals surface area contributed by atoms with Crippen LogP contribution < -0.4 is 5.32 Å². The fraction of sp³-hybridized carbons (Fsp3) is 0.889. The highest BCUT2D eigenvalue weighted by Gasteiger charge is 2.42. The Bertz CT molecular complexity index is 175. The zero-order valence-corrected chi connectivity index (χ0v) is 8.45. The van der Waals surface area contributed by atoms with E-state index >= 15 is 0 Å². The minimum atomic E-state index is -0.0342. The van der Waals surface area contributed by atoms with Crippen LogP contribution >= 0.6 is 11.6 Å². The molecule has 0 radical (unpaired) electrons. The van der Waals surface area contributed by atoms with Crippen LogP contribution in [0.15, 0.2) is 0 Å². The lowest BCUT2D eigenvalue weighted by Gasteiger charge is -2.14. The van der Waals surface area contributed by atoms with Gasteiger partial charge in [0.05, 0.1) is 5.54 Å². The van der Waals surface area contributed by atoms with E-state index in [-0.39, 0.29) is 11.4 Å². The number of carbonyl (C=O) groups is 1. The Morgan fingerprint density at radius 3 is 2.50 bits per heavy atom. The van der Waals surface area contributed by atoms with E-state index in [2.05, 4.69) is 5.32 Å². The summed E-state index contributed by atoms with van der Waals surface area (Å²) >= 11 is 5.72. The number of rotatable bonds is 4. The van der Waals surface area contributed by atoms with Crippen molar-refractivity contribution in [3.05, 3.63) is 0 Å². The van der Waals surface area contributed by atoms with E-state index in [0.717, 1.165) is 12.8 Å². The minimum absolute atomic E-state index is 0.0342. The molecule has 0 heterocycles. The third-order valence-corrected chi connectivity index (χ3v) is 2.62. The predicted molar refractivity (Wildman–Crippen MR) is 50.3 cm³/mol. The van der Waals surface area contributed by atoms with Crippen LogP contribution in [0.3, 0.4) is 0 Å². The average Bonchev–Trinajstić information content (AvgIpc) is 2.67. The topological polar surface area (TPSA) is 29.1 Å². The molecular weight excluding hydrogens is 174 g/mol. The molecule has 1 saturated carbocycles. The second-order valence-corrected chi connectivity index (χ2v) is 4.33. The van der Waals surface area contributed by atoms with E-state index in [1.807, 2.05) is 13.8 Å². The van der Waals surface area contributed by atoms with Gasteiger partial charge >= 0.3 is 0 Å². The Kier molecular flexibility index (Phi) is 2.99. The molecule has 0 aromatic carbocycles. The average molecular weight is 190 g/mol. The van der Waals surface area contributed by atoms with E-state index in [0.29, 0.717) is 18.2 Å². The van der Waals surface area contributed by atoms with E-state index < -0.39 is 0 Å². The number of nitrogens with one attached hydrogen (secondary N) is 1. The van der Waals surface area contributed by atoms with Gasteiger partial charge in [-0.05, 0) is 18.8 Å². The summed E-state index contributed by atoms with van der Waals surface area (Å²) in [5.41, 5.74) is -0.0342. The maximum Gasteiger partial charge on any atom is 0.220 e. The molecule has 0 aromatic rings. The van der Waals surface area contributed by atoms with Crippen molar-refractivity contribution in [2.75, 3.05) is 5.88 Å². The molecule has 0 saturated heterocycles. The van der Waals surface area contributed by atoms with Crippen LogP contribution in [-0.2, 0) is 4.79 Å². The van der Waals surface area contributed by atoms with E-state index in [1.165, 1.54) is 0 Å². The first kappa shape index (κ1) is 9.85. The summed E-state index contributed by atoms with van der Waals surface area (Å²) in [5.74, 6) is 1.12. The van der Waals surface area contributed by atoms with Gasteiger partial charge in [-0.15, -0.1) is 11.6 Å². The highest BCUT2D eigenvalue weighted by atomic mass is 35.5. The Labute approximate surface area is 78.7 Å². The minimum Gasteiger partial charge on any atom is -0.349 e. The second-order valence-electron chi connectivity index (χ2n) is 4.06. The first-order valence-electron chi connectivity index (χ1n) is 4.45. The standard InChI is InChI=1S/C9H16ClNO/c1-7(2)5-8(12)11-9(6-10)3-4-9/h7H,3-6H2,1-2H3,(H,11,12). The molecule has 2 nitrogen and oxygen atoms in total. The van der Waals surface area contributed by atoms with Crippen molar-refractivity contribution >= 4 is 17.5 Å². The monoisotopic (exact) mass is 189 g/mol. The molecule has 12 heavy (non-hydrogen) atoms. The van der Waals surface area contributed by atoms with Crippen molar-refractivity contribution in [2.24, 2.45) is 5.92 Å². The van der Waals surface area contributed by atoms with Gasteiger partial charge in [-0.3, -0.25) is 4.79 Å². The summed E-state index contributed by atoms with van der Waals surface area (Å²) in [6.07, 6.45) is 2.69. The molecule has 0 aliphatic heterocycles. The van der Waals surface area contributed by atoms with Crippen molar-refractivity contribution < 1.29 is 4.79 Å². The van der Waals surface area contributed by atoms with Gasteiger partial charge in [0, 0.05) is 12.3 Å². The molecule has 0 atom stereocenters. The highest BCUT2D eigenvalue weighted by Crippen LogP contribution is 2.36. The molecule has 1 N–H and O–H groups in total. The fourth-order valence-electron chi connectivity index (χ4n) is 1.16. The Morgan fingerprint density at radius 2 is 2.17 bits per heavy atom. The molecule has 70 valence electrons. The van der Waals surface area contributed by atoms with Crippen LogP contribution in [0.1, 0.15) is 33.1 Å². The van der Waals surface area contributed by atoms with Crippen LogP contribution in [0.4, 0.5) is 0 Å². The zero-order valence-electron chi connectivity index (χ0n) is 7.69. The van der Waals surface area contributed by atoms with Gasteiger partial charge in [0.25, 0.3) is 0 Å². The van der Waals surface area contributed by atoms with E-state index in [4.69, 9.17) is 11.6 Å². The SMILES string of the molecule is CC(C)CC(=O)NC1(CCl)CC1. The second kappa shape index (κ2) is 3.65. The number of alkyl halides is 1. The lowest BCUT2D eigenvalue weighted by atomic mass is 10.1.